The van der Waals surface area contributed by atoms with Gasteiger partial charge in [-0.15, -0.1) is 11.6 Å². The molecule has 1 aromatic rings. The first kappa shape index (κ1) is 14.2. The lowest BCUT2D eigenvalue weighted by Gasteiger charge is -2.10. The molecule has 102 valence electrons. The molecular formula is C13H21Cl2N3. The van der Waals surface area contributed by atoms with E-state index in [9.17, 15) is 0 Å². The van der Waals surface area contributed by atoms with Crippen molar-refractivity contribution in [3.05, 3.63) is 16.4 Å². The minimum atomic E-state index is 0.257. The molecule has 0 radical (unpaired) electrons. The van der Waals surface area contributed by atoms with E-state index in [4.69, 9.17) is 23.2 Å². The molecular weight excluding hydrogens is 269 g/mol. The summed E-state index contributed by atoms with van der Waals surface area (Å²) in [7, 11) is 0. The SMILES string of the molecule is CCc1nn(CC)c(CNCC(Cl)C2CC2)c1Cl. The van der Waals surface area contributed by atoms with E-state index in [0.717, 1.165) is 48.4 Å². The van der Waals surface area contributed by atoms with Crippen LogP contribution in [0.5, 0.6) is 0 Å². The molecule has 1 aliphatic carbocycles. The van der Waals surface area contributed by atoms with Crippen LogP contribution in [0.2, 0.25) is 5.02 Å². The second-order valence-corrected chi connectivity index (χ2v) is 5.80. The topological polar surface area (TPSA) is 29.9 Å². The second-order valence-electron chi connectivity index (χ2n) is 4.86. The van der Waals surface area contributed by atoms with E-state index in [1.54, 1.807) is 0 Å². The van der Waals surface area contributed by atoms with Gasteiger partial charge in [0.05, 0.1) is 16.4 Å². The average molecular weight is 290 g/mol. The van der Waals surface area contributed by atoms with Crippen molar-refractivity contribution in [1.82, 2.24) is 15.1 Å². The van der Waals surface area contributed by atoms with Crippen LogP contribution in [0.4, 0.5) is 0 Å². The summed E-state index contributed by atoms with van der Waals surface area (Å²) in [6, 6.07) is 0. The van der Waals surface area contributed by atoms with Crippen LogP contribution < -0.4 is 5.32 Å². The first-order valence-corrected chi connectivity index (χ1v) is 7.57. The van der Waals surface area contributed by atoms with Gasteiger partial charge in [0.25, 0.3) is 0 Å². The lowest BCUT2D eigenvalue weighted by Crippen LogP contribution is -2.25. The van der Waals surface area contributed by atoms with E-state index < -0.39 is 0 Å². The van der Waals surface area contributed by atoms with E-state index in [1.165, 1.54) is 12.8 Å². The maximum Gasteiger partial charge on any atom is 0.0863 e. The Kier molecular flexibility index (Phi) is 4.93. The summed E-state index contributed by atoms with van der Waals surface area (Å²) in [5.74, 6) is 0.719. The molecule has 1 fully saturated rings. The van der Waals surface area contributed by atoms with Gasteiger partial charge < -0.3 is 5.32 Å². The average Bonchev–Trinajstić information content (AvgIpc) is 3.17. The molecule has 0 bridgehead atoms. The predicted octanol–water partition coefficient (Wildman–Crippen LogP) is 3.23. The third-order valence-electron chi connectivity index (χ3n) is 3.46. The van der Waals surface area contributed by atoms with Gasteiger partial charge in [0, 0.05) is 25.0 Å². The molecule has 1 unspecified atom stereocenters. The Labute approximate surface area is 119 Å². The molecule has 2 rings (SSSR count). The van der Waals surface area contributed by atoms with Crippen molar-refractivity contribution in [2.24, 2.45) is 5.92 Å². The summed E-state index contributed by atoms with van der Waals surface area (Å²) in [6.07, 6.45) is 3.44. The zero-order valence-corrected chi connectivity index (χ0v) is 12.6. The molecule has 1 N–H and O–H groups in total. The fourth-order valence-electron chi connectivity index (χ4n) is 2.14. The molecule has 1 aromatic heterocycles. The maximum atomic E-state index is 6.34. The maximum absolute atomic E-state index is 6.34. The molecule has 1 atom stereocenters. The fraction of sp³-hybridized carbons (Fsp3) is 0.769. The number of hydrogen-bond acceptors (Lipinski definition) is 2. The van der Waals surface area contributed by atoms with Gasteiger partial charge in [0.15, 0.2) is 0 Å². The zero-order valence-electron chi connectivity index (χ0n) is 11.0. The van der Waals surface area contributed by atoms with Gasteiger partial charge in [0.2, 0.25) is 0 Å². The van der Waals surface area contributed by atoms with Crippen molar-refractivity contribution in [2.45, 2.75) is 51.6 Å². The normalized spacial score (nSPS) is 17.1. The van der Waals surface area contributed by atoms with Crippen LogP contribution in [-0.2, 0) is 19.5 Å². The van der Waals surface area contributed by atoms with Gasteiger partial charge in [-0.2, -0.15) is 5.10 Å². The van der Waals surface area contributed by atoms with Crippen LogP contribution in [0.15, 0.2) is 0 Å². The third kappa shape index (κ3) is 3.19. The molecule has 0 aromatic carbocycles. The molecule has 0 saturated heterocycles. The first-order chi connectivity index (χ1) is 8.67. The lowest BCUT2D eigenvalue weighted by molar-refractivity contribution is 0.562. The van der Waals surface area contributed by atoms with Crippen molar-refractivity contribution in [3.63, 3.8) is 0 Å². The Bertz CT molecular complexity index is 399. The summed E-state index contributed by atoms with van der Waals surface area (Å²) >= 11 is 12.6. The first-order valence-electron chi connectivity index (χ1n) is 6.76. The minimum Gasteiger partial charge on any atom is -0.310 e. The van der Waals surface area contributed by atoms with Crippen molar-refractivity contribution in [3.8, 4) is 0 Å². The molecule has 0 amide bonds. The molecule has 1 saturated carbocycles. The smallest absolute Gasteiger partial charge is 0.0863 e. The molecule has 1 aliphatic rings. The van der Waals surface area contributed by atoms with Crippen molar-refractivity contribution < 1.29 is 0 Å². The molecule has 1 heterocycles. The minimum absolute atomic E-state index is 0.257. The Morgan fingerprint density at radius 2 is 2.17 bits per heavy atom. The summed E-state index contributed by atoms with van der Waals surface area (Å²) in [5.41, 5.74) is 2.07. The van der Waals surface area contributed by atoms with Crippen LogP contribution in [0.25, 0.3) is 0 Å². The van der Waals surface area contributed by atoms with Crippen LogP contribution in [0.1, 0.15) is 38.1 Å². The molecule has 5 heteroatoms. The number of alkyl halides is 1. The summed E-state index contributed by atoms with van der Waals surface area (Å²) in [4.78, 5) is 0. The number of nitrogens with one attached hydrogen (secondary N) is 1. The van der Waals surface area contributed by atoms with Gasteiger partial charge in [-0.1, -0.05) is 18.5 Å². The quantitative estimate of drug-likeness (QED) is 0.781. The monoisotopic (exact) mass is 289 g/mol. The van der Waals surface area contributed by atoms with Crippen LogP contribution >= 0.6 is 23.2 Å². The highest BCUT2D eigenvalue weighted by molar-refractivity contribution is 6.31. The Morgan fingerprint density at radius 1 is 1.44 bits per heavy atom. The molecule has 3 nitrogen and oxygen atoms in total. The number of halogens is 2. The van der Waals surface area contributed by atoms with Crippen molar-refractivity contribution in [1.29, 1.82) is 0 Å². The standard InChI is InChI=1S/C13H21Cl2N3/c1-3-11-13(15)12(18(4-2)17-11)8-16-7-10(14)9-5-6-9/h9-10,16H,3-8H2,1-2H3. The van der Waals surface area contributed by atoms with Gasteiger partial charge in [0.1, 0.15) is 0 Å². The molecule has 0 aliphatic heterocycles. The number of rotatable bonds is 7. The van der Waals surface area contributed by atoms with Gasteiger partial charge in [-0.25, -0.2) is 0 Å². The lowest BCUT2D eigenvalue weighted by atomic mass is 10.2. The Morgan fingerprint density at radius 3 is 2.72 bits per heavy atom. The van der Waals surface area contributed by atoms with Gasteiger partial charge in [-0.3, -0.25) is 4.68 Å². The van der Waals surface area contributed by atoms with Crippen LogP contribution in [-0.4, -0.2) is 21.7 Å². The van der Waals surface area contributed by atoms with Gasteiger partial charge >= 0.3 is 0 Å². The molecule has 18 heavy (non-hydrogen) atoms. The van der Waals surface area contributed by atoms with E-state index in [0.29, 0.717) is 0 Å². The Balaban J connectivity index is 1.92. The number of aromatic nitrogens is 2. The van der Waals surface area contributed by atoms with Crippen molar-refractivity contribution in [2.75, 3.05) is 6.54 Å². The highest BCUT2D eigenvalue weighted by Crippen LogP contribution is 2.35. The second kappa shape index (κ2) is 6.27. The highest BCUT2D eigenvalue weighted by Gasteiger charge is 2.29. The number of aryl methyl sites for hydroxylation is 2. The van der Waals surface area contributed by atoms with E-state index in [1.807, 2.05) is 4.68 Å². The third-order valence-corrected chi connectivity index (χ3v) is 4.41. The predicted molar refractivity (Wildman–Crippen MR) is 76.4 cm³/mol. The van der Waals surface area contributed by atoms with Crippen molar-refractivity contribution >= 4 is 23.2 Å². The van der Waals surface area contributed by atoms with Crippen LogP contribution in [0, 0.1) is 5.92 Å². The van der Waals surface area contributed by atoms with Gasteiger partial charge in [-0.05, 0) is 32.1 Å². The largest absolute Gasteiger partial charge is 0.310 e. The number of nitrogens with zero attached hydrogens (tertiary/aromatic N) is 2. The summed E-state index contributed by atoms with van der Waals surface area (Å²) < 4.78 is 1.98. The molecule has 0 spiro atoms. The van der Waals surface area contributed by atoms with E-state index in [-0.39, 0.29) is 5.38 Å². The zero-order chi connectivity index (χ0) is 13.1. The van der Waals surface area contributed by atoms with E-state index >= 15 is 0 Å². The highest BCUT2D eigenvalue weighted by atomic mass is 35.5. The summed E-state index contributed by atoms with van der Waals surface area (Å²) in [6.45, 7) is 6.60. The fourth-order valence-corrected chi connectivity index (χ4v) is 2.84. The van der Waals surface area contributed by atoms with Crippen LogP contribution in [0.3, 0.4) is 0 Å². The Hall–Kier alpha value is -0.250. The number of hydrogen-bond donors (Lipinski definition) is 1. The summed E-state index contributed by atoms with van der Waals surface area (Å²) in [5, 5.41) is 8.97. The van der Waals surface area contributed by atoms with E-state index in [2.05, 4.69) is 24.3 Å².